The molecule has 1 aromatic heterocycles. The molecule has 33 heavy (non-hydrogen) atoms. The molecule has 0 aliphatic carbocycles. The fraction of sp³-hybridized carbons (Fsp3) is 0.360. The highest BCUT2D eigenvalue weighted by Gasteiger charge is 2.17. The van der Waals surface area contributed by atoms with Crippen molar-refractivity contribution in [1.82, 2.24) is 14.8 Å². The molecule has 2 amide bonds. The number of hydrogen-bond donors (Lipinski definition) is 1. The highest BCUT2D eigenvalue weighted by Crippen LogP contribution is 2.30. The van der Waals surface area contributed by atoms with Gasteiger partial charge in [-0.15, -0.1) is 11.8 Å². The Morgan fingerprint density at radius 1 is 1.00 bits per heavy atom. The number of carbonyl (C=O) groups is 2. The second-order valence-electron chi connectivity index (χ2n) is 8.17. The molecule has 0 unspecified atom stereocenters. The summed E-state index contributed by atoms with van der Waals surface area (Å²) in [5, 5.41) is 4.88. The van der Waals surface area contributed by atoms with Gasteiger partial charge in [0.25, 0.3) is 5.91 Å². The number of rotatable bonds is 7. The van der Waals surface area contributed by atoms with Crippen LogP contribution in [0.1, 0.15) is 36.0 Å². The van der Waals surface area contributed by atoms with Gasteiger partial charge in [0.2, 0.25) is 5.91 Å². The van der Waals surface area contributed by atoms with Crippen LogP contribution < -0.4 is 5.32 Å². The van der Waals surface area contributed by atoms with Crippen LogP contribution in [0, 0.1) is 0 Å². The molecule has 1 aliphatic rings. The highest BCUT2D eigenvalue weighted by molar-refractivity contribution is 8.00. The molecule has 2 heterocycles. The number of fused-ring (bicyclic) bond motifs is 1. The fourth-order valence-corrected chi connectivity index (χ4v) is 5.61. The standard InChI is InChI=1S/C25H27Cl2N3O2S/c26-18-9-10-19(21(27)15-18)25(32)28-11-14-30-16-23(20-7-3-4-8-22(20)30)33-17-24(31)29-12-5-1-2-6-13-29/h3-4,7-10,15-16H,1-2,5-6,11-14,17H2,(H,28,32). The van der Waals surface area contributed by atoms with Crippen molar-refractivity contribution < 1.29 is 9.59 Å². The van der Waals surface area contributed by atoms with Gasteiger partial charge in [-0.25, -0.2) is 0 Å². The zero-order valence-corrected chi connectivity index (χ0v) is 20.7. The third kappa shape index (κ3) is 6.05. The van der Waals surface area contributed by atoms with Gasteiger partial charge in [0, 0.05) is 53.2 Å². The molecule has 174 valence electrons. The Labute approximate surface area is 208 Å². The predicted octanol–water partition coefficient (Wildman–Crippen LogP) is 5.87. The Bertz CT molecular complexity index is 1140. The topological polar surface area (TPSA) is 54.3 Å². The first-order valence-electron chi connectivity index (χ1n) is 11.2. The average molecular weight is 504 g/mol. The molecule has 1 fully saturated rings. The molecule has 3 aromatic rings. The van der Waals surface area contributed by atoms with Gasteiger partial charge in [-0.1, -0.05) is 54.2 Å². The fourth-order valence-electron chi connectivity index (χ4n) is 4.12. The summed E-state index contributed by atoms with van der Waals surface area (Å²) in [6, 6.07) is 13.0. The third-order valence-electron chi connectivity index (χ3n) is 5.88. The summed E-state index contributed by atoms with van der Waals surface area (Å²) in [6.45, 7) is 2.81. The average Bonchev–Trinajstić information content (AvgIpc) is 2.96. The number of thioether (sulfide) groups is 1. The van der Waals surface area contributed by atoms with Gasteiger partial charge >= 0.3 is 0 Å². The lowest BCUT2D eigenvalue weighted by Gasteiger charge is -2.19. The summed E-state index contributed by atoms with van der Waals surface area (Å²) in [6.07, 6.45) is 6.70. The third-order valence-corrected chi connectivity index (χ3v) is 7.45. The number of carbonyl (C=O) groups excluding carboxylic acids is 2. The van der Waals surface area contributed by atoms with E-state index in [0.717, 1.165) is 41.7 Å². The summed E-state index contributed by atoms with van der Waals surface area (Å²) in [5.41, 5.74) is 1.49. The molecule has 1 N–H and O–H groups in total. The zero-order chi connectivity index (χ0) is 23.2. The number of benzene rings is 2. The Hall–Kier alpha value is -2.15. The lowest BCUT2D eigenvalue weighted by molar-refractivity contribution is -0.128. The molecule has 5 nitrogen and oxygen atoms in total. The normalized spacial score (nSPS) is 14.3. The first-order chi connectivity index (χ1) is 16.0. The monoisotopic (exact) mass is 503 g/mol. The molecule has 0 radical (unpaired) electrons. The van der Waals surface area contributed by atoms with Crippen LogP contribution >= 0.6 is 35.0 Å². The molecule has 0 saturated carbocycles. The van der Waals surface area contributed by atoms with E-state index in [1.165, 1.54) is 12.8 Å². The van der Waals surface area contributed by atoms with E-state index in [1.807, 2.05) is 17.0 Å². The largest absolute Gasteiger partial charge is 0.350 e. The number of para-hydroxylation sites is 1. The molecule has 0 bridgehead atoms. The maximum atomic E-state index is 12.7. The molecule has 1 aliphatic heterocycles. The summed E-state index contributed by atoms with van der Waals surface area (Å²) < 4.78 is 2.12. The maximum absolute atomic E-state index is 12.7. The van der Waals surface area contributed by atoms with Gasteiger partial charge in [-0.3, -0.25) is 9.59 Å². The van der Waals surface area contributed by atoms with Gasteiger partial charge in [-0.05, 0) is 37.1 Å². The highest BCUT2D eigenvalue weighted by atomic mass is 35.5. The van der Waals surface area contributed by atoms with Gasteiger partial charge in [0.05, 0.1) is 16.3 Å². The van der Waals surface area contributed by atoms with Crippen LogP contribution in [-0.2, 0) is 11.3 Å². The number of hydrogen-bond acceptors (Lipinski definition) is 3. The van der Waals surface area contributed by atoms with E-state index in [0.29, 0.717) is 34.5 Å². The minimum Gasteiger partial charge on any atom is -0.350 e. The number of halogens is 2. The minimum atomic E-state index is -0.231. The van der Waals surface area contributed by atoms with E-state index in [9.17, 15) is 9.59 Å². The molecule has 4 rings (SSSR count). The van der Waals surface area contributed by atoms with E-state index in [4.69, 9.17) is 23.2 Å². The Kier molecular flexibility index (Phi) is 8.23. The van der Waals surface area contributed by atoms with Gasteiger partial charge in [-0.2, -0.15) is 0 Å². The second kappa shape index (κ2) is 11.3. The van der Waals surface area contributed by atoms with Gasteiger partial charge in [0.15, 0.2) is 0 Å². The summed E-state index contributed by atoms with van der Waals surface area (Å²) in [7, 11) is 0. The minimum absolute atomic E-state index is 0.214. The van der Waals surface area contributed by atoms with Crippen molar-refractivity contribution in [2.75, 3.05) is 25.4 Å². The van der Waals surface area contributed by atoms with Crippen LogP contribution in [0.25, 0.3) is 10.9 Å². The van der Waals surface area contributed by atoms with Crippen LogP contribution in [-0.4, -0.2) is 46.7 Å². The van der Waals surface area contributed by atoms with Gasteiger partial charge in [0.1, 0.15) is 0 Å². The molecule has 8 heteroatoms. The van der Waals surface area contributed by atoms with E-state index in [-0.39, 0.29) is 11.8 Å². The molecule has 1 saturated heterocycles. The van der Waals surface area contributed by atoms with Crippen LogP contribution in [0.3, 0.4) is 0 Å². The lowest BCUT2D eigenvalue weighted by atomic mass is 10.2. The maximum Gasteiger partial charge on any atom is 0.252 e. The predicted molar refractivity (Wildman–Crippen MR) is 137 cm³/mol. The lowest BCUT2D eigenvalue weighted by Crippen LogP contribution is -2.33. The molecule has 0 spiro atoms. The van der Waals surface area contributed by atoms with Crippen molar-refractivity contribution in [3.8, 4) is 0 Å². The quantitative estimate of drug-likeness (QED) is 0.410. The van der Waals surface area contributed by atoms with E-state index in [1.54, 1.807) is 30.0 Å². The first-order valence-corrected chi connectivity index (χ1v) is 13.0. The summed E-state index contributed by atoms with van der Waals surface area (Å²) in [5.74, 6) is 0.427. The number of aromatic nitrogens is 1. The second-order valence-corrected chi connectivity index (χ2v) is 10.0. The van der Waals surface area contributed by atoms with Crippen molar-refractivity contribution in [1.29, 1.82) is 0 Å². The van der Waals surface area contributed by atoms with Crippen LogP contribution in [0.4, 0.5) is 0 Å². The van der Waals surface area contributed by atoms with E-state index >= 15 is 0 Å². The summed E-state index contributed by atoms with van der Waals surface area (Å²) >= 11 is 13.6. The van der Waals surface area contributed by atoms with Crippen molar-refractivity contribution in [2.45, 2.75) is 37.1 Å². The number of likely N-dealkylation sites (tertiary alicyclic amines) is 1. The van der Waals surface area contributed by atoms with Crippen molar-refractivity contribution in [2.24, 2.45) is 0 Å². The van der Waals surface area contributed by atoms with Crippen molar-refractivity contribution in [3.05, 3.63) is 64.3 Å². The molecular weight excluding hydrogens is 477 g/mol. The zero-order valence-electron chi connectivity index (χ0n) is 18.4. The van der Waals surface area contributed by atoms with Crippen LogP contribution in [0.15, 0.2) is 53.6 Å². The molecule has 0 atom stereocenters. The van der Waals surface area contributed by atoms with Crippen LogP contribution in [0.2, 0.25) is 10.0 Å². The Morgan fingerprint density at radius 2 is 1.76 bits per heavy atom. The van der Waals surface area contributed by atoms with Crippen molar-refractivity contribution in [3.63, 3.8) is 0 Å². The van der Waals surface area contributed by atoms with Crippen molar-refractivity contribution >= 4 is 57.7 Å². The van der Waals surface area contributed by atoms with Crippen LogP contribution in [0.5, 0.6) is 0 Å². The Morgan fingerprint density at radius 3 is 2.52 bits per heavy atom. The number of nitrogens with zero attached hydrogens (tertiary/aromatic N) is 2. The first kappa shape index (κ1) is 24.0. The smallest absolute Gasteiger partial charge is 0.252 e. The van der Waals surface area contributed by atoms with Gasteiger partial charge < -0.3 is 14.8 Å². The number of amides is 2. The Balaban J connectivity index is 1.39. The molecular formula is C25H27Cl2N3O2S. The van der Waals surface area contributed by atoms with E-state index < -0.39 is 0 Å². The summed E-state index contributed by atoms with van der Waals surface area (Å²) in [4.78, 5) is 28.3. The molecule has 2 aromatic carbocycles. The van der Waals surface area contributed by atoms with E-state index in [2.05, 4.69) is 28.2 Å². The number of nitrogens with one attached hydrogen (secondary N) is 1. The SMILES string of the molecule is O=C(NCCn1cc(SCC(=O)N2CCCCCC2)c2ccccc21)c1ccc(Cl)cc1Cl.